The monoisotopic (exact) mass is 301 g/mol. The topological polar surface area (TPSA) is 38.3 Å². The van der Waals surface area contributed by atoms with Crippen LogP contribution in [0.15, 0.2) is 24.3 Å². The number of carbonyl (C=O) groups is 1. The molecule has 19 heavy (non-hydrogen) atoms. The summed E-state index contributed by atoms with van der Waals surface area (Å²) in [6.07, 6.45) is 0.714. The molecule has 0 fully saturated rings. The first-order valence-electron chi connectivity index (χ1n) is 6.12. The fourth-order valence-electron chi connectivity index (χ4n) is 1.63. The molecule has 1 unspecified atom stereocenters. The lowest BCUT2D eigenvalue weighted by atomic mass is 10.00. The van der Waals surface area contributed by atoms with Crippen molar-refractivity contribution >= 4 is 29.3 Å². The molecule has 0 aromatic heterocycles. The highest BCUT2D eigenvalue weighted by atomic mass is 35.5. The second-order valence-electron chi connectivity index (χ2n) is 4.47. The summed E-state index contributed by atoms with van der Waals surface area (Å²) in [4.78, 5) is 11.7. The van der Waals surface area contributed by atoms with Crippen LogP contribution in [0.1, 0.15) is 18.9 Å². The predicted octanol–water partition coefficient (Wildman–Crippen LogP) is 3.11. The van der Waals surface area contributed by atoms with Crippen molar-refractivity contribution in [3.05, 3.63) is 34.9 Å². The number of nitrogens with one attached hydrogen (secondary N) is 1. The number of hydrogen-bond acceptors (Lipinski definition) is 4. The average molecular weight is 302 g/mol. The van der Waals surface area contributed by atoms with Crippen molar-refractivity contribution in [1.82, 2.24) is 5.32 Å². The molecule has 0 spiro atoms. The number of carbonyl (C=O) groups excluding carboxylic acids is 1. The number of benzene rings is 1. The first-order chi connectivity index (χ1) is 9.03. The van der Waals surface area contributed by atoms with Crippen molar-refractivity contribution in [2.45, 2.75) is 24.6 Å². The molecule has 0 bridgehead atoms. The van der Waals surface area contributed by atoms with Crippen LogP contribution in [0.3, 0.4) is 0 Å². The minimum absolute atomic E-state index is 0.228. The zero-order valence-corrected chi connectivity index (χ0v) is 13.1. The second-order valence-corrected chi connectivity index (χ2v) is 5.98. The van der Waals surface area contributed by atoms with Crippen LogP contribution in [0.25, 0.3) is 0 Å². The first-order valence-corrected chi connectivity index (χ1v) is 7.65. The van der Waals surface area contributed by atoms with Crippen LogP contribution in [0, 0.1) is 0 Å². The van der Waals surface area contributed by atoms with Gasteiger partial charge < -0.3 is 10.1 Å². The molecule has 106 valence electrons. The van der Waals surface area contributed by atoms with Crippen molar-refractivity contribution in [2.75, 3.05) is 19.9 Å². The predicted molar refractivity (Wildman–Crippen MR) is 81.7 cm³/mol. The molecule has 1 rings (SSSR count). The van der Waals surface area contributed by atoms with Gasteiger partial charge in [0, 0.05) is 10.8 Å². The van der Waals surface area contributed by atoms with Gasteiger partial charge in [0.05, 0.1) is 7.11 Å². The second kappa shape index (κ2) is 7.78. The van der Waals surface area contributed by atoms with E-state index in [1.807, 2.05) is 31.2 Å². The van der Waals surface area contributed by atoms with Gasteiger partial charge in [0.1, 0.15) is 5.54 Å². The maximum absolute atomic E-state index is 11.7. The van der Waals surface area contributed by atoms with E-state index in [4.69, 9.17) is 16.3 Å². The molecule has 0 amide bonds. The zero-order valence-electron chi connectivity index (χ0n) is 11.5. The molecule has 1 atom stereocenters. The largest absolute Gasteiger partial charge is 0.468 e. The van der Waals surface area contributed by atoms with Gasteiger partial charge in [0.2, 0.25) is 0 Å². The summed E-state index contributed by atoms with van der Waals surface area (Å²) in [7, 11) is 3.18. The molecule has 0 aliphatic heterocycles. The van der Waals surface area contributed by atoms with E-state index in [1.54, 1.807) is 18.8 Å². The van der Waals surface area contributed by atoms with E-state index in [1.165, 1.54) is 7.11 Å². The van der Waals surface area contributed by atoms with Crippen molar-refractivity contribution in [2.24, 2.45) is 0 Å². The Kier molecular flexibility index (Phi) is 6.69. The molecule has 0 radical (unpaired) electrons. The maximum atomic E-state index is 11.7. The standard InChI is InChI=1S/C14H20ClNO2S/c1-14(16-2,13(17)18-3)8-9-19-10-11-6-4-5-7-12(11)15/h4-7,16H,8-10H2,1-3H3. The van der Waals surface area contributed by atoms with E-state index in [2.05, 4.69) is 5.32 Å². The Morgan fingerprint density at radius 2 is 2.16 bits per heavy atom. The molecule has 5 heteroatoms. The van der Waals surface area contributed by atoms with Crippen LogP contribution in [0.4, 0.5) is 0 Å². The van der Waals surface area contributed by atoms with E-state index in [0.29, 0.717) is 6.42 Å². The molecule has 1 aromatic rings. The number of thioether (sulfide) groups is 1. The fraction of sp³-hybridized carbons (Fsp3) is 0.500. The number of methoxy groups -OCH3 is 1. The van der Waals surface area contributed by atoms with E-state index >= 15 is 0 Å². The van der Waals surface area contributed by atoms with Crippen LogP contribution in [-0.2, 0) is 15.3 Å². The summed E-state index contributed by atoms with van der Waals surface area (Å²) in [5, 5.41) is 3.82. The molecule has 0 heterocycles. The minimum Gasteiger partial charge on any atom is -0.468 e. The lowest BCUT2D eigenvalue weighted by Crippen LogP contribution is -2.48. The Morgan fingerprint density at radius 3 is 2.74 bits per heavy atom. The van der Waals surface area contributed by atoms with Gasteiger partial charge in [-0.2, -0.15) is 11.8 Å². The molecule has 1 N–H and O–H groups in total. The zero-order chi connectivity index (χ0) is 14.3. The SMILES string of the molecule is CNC(C)(CCSCc1ccccc1Cl)C(=O)OC. The quantitative estimate of drug-likeness (QED) is 0.620. The third kappa shape index (κ3) is 4.71. The lowest BCUT2D eigenvalue weighted by molar-refractivity contribution is -0.147. The van der Waals surface area contributed by atoms with Crippen LogP contribution >= 0.6 is 23.4 Å². The number of esters is 1. The maximum Gasteiger partial charge on any atom is 0.325 e. The van der Waals surface area contributed by atoms with Gasteiger partial charge in [-0.3, -0.25) is 4.79 Å². The van der Waals surface area contributed by atoms with E-state index in [9.17, 15) is 4.79 Å². The van der Waals surface area contributed by atoms with Crippen LogP contribution in [0.2, 0.25) is 5.02 Å². The normalized spacial score (nSPS) is 13.9. The number of hydrogen-bond donors (Lipinski definition) is 1. The van der Waals surface area contributed by atoms with Gasteiger partial charge in [-0.15, -0.1) is 0 Å². The van der Waals surface area contributed by atoms with Crippen LogP contribution < -0.4 is 5.32 Å². The van der Waals surface area contributed by atoms with Crippen LogP contribution in [0.5, 0.6) is 0 Å². The van der Waals surface area contributed by atoms with Gasteiger partial charge in [-0.25, -0.2) is 0 Å². The van der Waals surface area contributed by atoms with Gasteiger partial charge in [0.15, 0.2) is 0 Å². The van der Waals surface area contributed by atoms with E-state index < -0.39 is 5.54 Å². The van der Waals surface area contributed by atoms with Crippen molar-refractivity contribution in [1.29, 1.82) is 0 Å². The third-order valence-electron chi connectivity index (χ3n) is 3.15. The lowest BCUT2D eigenvalue weighted by Gasteiger charge is -2.25. The number of ether oxygens (including phenoxy) is 1. The Labute approximate surface area is 124 Å². The van der Waals surface area contributed by atoms with Crippen molar-refractivity contribution in [3.8, 4) is 0 Å². The summed E-state index contributed by atoms with van der Waals surface area (Å²) in [6.45, 7) is 1.86. The number of halogens is 1. The molecule has 0 aliphatic carbocycles. The summed E-state index contributed by atoms with van der Waals surface area (Å²) < 4.78 is 4.81. The summed E-state index contributed by atoms with van der Waals surface area (Å²) in [6, 6.07) is 7.82. The van der Waals surface area contributed by atoms with Crippen molar-refractivity contribution in [3.63, 3.8) is 0 Å². The highest BCUT2D eigenvalue weighted by Crippen LogP contribution is 2.23. The van der Waals surface area contributed by atoms with Gasteiger partial charge >= 0.3 is 5.97 Å². The van der Waals surface area contributed by atoms with Gasteiger partial charge in [-0.05, 0) is 37.8 Å². The van der Waals surface area contributed by atoms with E-state index in [-0.39, 0.29) is 5.97 Å². The molecule has 0 aliphatic rings. The van der Waals surface area contributed by atoms with Crippen LogP contribution in [-0.4, -0.2) is 31.4 Å². The Balaban J connectivity index is 2.42. The van der Waals surface area contributed by atoms with Gasteiger partial charge in [0.25, 0.3) is 0 Å². The third-order valence-corrected chi connectivity index (χ3v) is 4.53. The summed E-state index contributed by atoms with van der Waals surface area (Å²) >= 11 is 7.85. The molecule has 0 saturated carbocycles. The average Bonchev–Trinajstić information content (AvgIpc) is 2.44. The number of likely N-dealkylation sites (N-methyl/N-ethyl adjacent to an activating group) is 1. The molecule has 1 aromatic carbocycles. The molecule has 3 nitrogen and oxygen atoms in total. The van der Waals surface area contributed by atoms with Crippen molar-refractivity contribution < 1.29 is 9.53 Å². The highest BCUT2D eigenvalue weighted by Gasteiger charge is 2.31. The Bertz CT molecular complexity index is 428. The minimum atomic E-state index is -0.623. The smallest absolute Gasteiger partial charge is 0.325 e. The highest BCUT2D eigenvalue weighted by molar-refractivity contribution is 7.98. The summed E-state index contributed by atoms with van der Waals surface area (Å²) in [5.74, 6) is 1.48. The number of rotatable bonds is 7. The Hall–Kier alpha value is -0.710. The van der Waals surface area contributed by atoms with Gasteiger partial charge in [-0.1, -0.05) is 29.8 Å². The molecular weight excluding hydrogens is 282 g/mol. The Morgan fingerprint density at radius 1 is 1.47 bits per heavy atom. The van der Waals surface area contributed by atoms with E-state index in [0.717, 1.165) is 22.1 Å². The summed E-state index contributed by atoms with van der Waals surface area (Å²) in [5.41, 5.74) is 0.501. The molecule has 0 saturated heterocycles. The first kappa shape index (κ1) is 16.3. The molecular formula is C14H20ClNO2S. The fourth-order valence-corrected chi connectivity index (χ4v) is 3.08.